The van der Waals surface area contributed by atoms with Crippen molar-refractivity contribution >= 4 is 28.5 Å². The summed E-state index contributed by atoms with van der Waals surface area (Å²) >= 11 is 2.17. The molecule has 0 saturated carbocycles. The summed E-state index contributed by atoms with van der Waals surface area (Å²) in [6.07, 6.45) is 1.42. The predicted octanol–water partition coefficient (Wildman–Crippen LogP) is 4.12. The fourth-order valence-electron chi connectivity index (χ4n) is 2.11. The maximum atomic E-state index is 13.8. The van der Waals surface area contributed by atoms with E-state index in [9.17, 15) is 13.6 Å². The molecule has 0 N–H and O–H groups in total. The molecule has 6 heteroatoms. The first-order valence-corrected chi connectivity index (χ1v) is 7.44. The van der Waals surface area contributed by atoms with Crippen molar-refractivity contribution in [1.82, 2.24) is 9.78 Å². The van der Waals surface area contributed by atoms with Crippen LogP contribution in [-0.2, 0) is 0 Å². The Bertz CT molecular complexity index is 823. The molecular weight excluding hydrogens is 401 g/mol. The fraction of sp³-hybridized carbons (Fsp3) is 0. The zero-order valence-electron chi connectivity index (χ0n) is 11.1. The van der Waals surface area contributed by atoms with Crippen molar-refractivity contribution in [2.45, 2.75) is 0 Å². The van der Waals surface area contributed by atoms with E-state index in [2.05, 4.69) is 27.7 Å². The van der Waals surface area contributed by atoms with E-state index < -0.39 is 23.1 Å². The molecule has 3 rings (SSSR count). The van der Waals surface area contributed by atoms with Gasteiger partial charge in [0.25, 0.3) is 5.91 Å². The van der Waals surface area contributed by atoms with Gasteiger partial charge in [-0.05, 0) is 52.9 Å². The highest BCUT2D eigenvalue weighted by Crippen LogP contribution is 2.22. The summed E-state index contributed by atoms with van der Waals surface area (Å²) in [5.74, 6) is -2.66. The second kappa shape index (κ2) is 5.96. The second-order valence-electron chi connectivity index (χ2n) is 4.54. The molecule has 0 saturated heterocycles. The molecule has 0 aliphatic carbocycles. The molecule has 22 heavy (non-hydrogen) atoms. The minimum Gasteiger partial charge on any atom is -0.266 e. The number of hydrogen-bond donors (Lipinski definition) is 0. The van der Waals surface area contributed by atoms with Crippen LogP contribution in [0.4, 0.5) is 8.78 Å². The van der Waals surface area contributed by atoms with Crippen LogP contribution in [0.5, 0.6) is 0 Å². The van der Waals surface area contributed by atoms with E-state index in [-0.39, 0.29) is 0 Å². The first kappa shape index (κ1) is 14.8. The Kier molecular flexibility index (Phi) is 4.02. The Labute approximate surface area is 138 Å². The van der Waals surface area contributed by atoms with Gasteiger partial charge in [0.05, 0.1) is 11.9 Å². The van der Waals surface area contributed by atoms with Gasteiger partial charge in [-0.15, -0.1) is 0 Å². The SMILES string of the molecule is O=C(c1c(F)cccc1F)n1nccc1-c1ccc(I)cc1. The Hall–Kier alpha value is -2.09. The summed E-state index contributed by atoms with van der Waals surface area (Å²) in [5, 5.41) is 3.91. The summed E-state index contributed by atoms with van der Waals surface area (Å²) < 4.78 is 29.6. The maximum absolute atomic E-state index is 13.8. The van der Waals surface area contributed by atoms with Crippen molar-refractivity contribution in [3.05, 3.63) is 75.5 Å². The summed E-state index contributed by atoms with van der Waals surface area (Å²) in [4.78, 5) is 12.4. The molecular formula is C16H9F2IN2O. The summed E-state index contributed by atoms with van der Waals surface area (Å²) in [7, 11) is 0. The van der Waals surface area contributed by atoms with E-state index in [1.54, 1.807) is 6.07 Å². The lowest BCUT2D eigenvalue weighted by Gasteiger charge is -2.08. The lowest BCUT2D eigenvalue weighted by atomic mass is 10.1. The van der Waals surface area contributed by atoms with Crippen LogP contribution in [0.25, 0.3) is 11.3 Å². The zero-order valence-corrected chi connectivity index (χ0v) is 13.3. The second-order valence-corrected chi connectivity index (χ2v) is 5.78. The Morgan fingerprint density at radius 3 is 2.27 bits per heavy atom. The third-order valence-electron chi connectivity index (χ3n) is 3.15. The maximum Gasteiger partial charge on any atom is 0.284 e. The molecule has 0 atom stereocenters. The molecule has 0 fully saturated rings. The van der Waals surface area contributed by atoms with Gasteiger partial charge >= 0.3 is 0 Å². The highest BCUT2D eigenvalue weighted by molar-refractivity contribution is 14.1. The molecule has 2 aromatic carbocycles. The van der Waals surface area contributed by atoms with Gasteiger partial charge in [0, 0.05) is 9.13 Å². The number of aromatic nitrogens is 2. The van der Waals surface area contributed by atoms with Crippen LogP contribution in [0.1, 0.15) is 10.4 Å². The lowest BCUT2D eigenvalue weighted by Crippen LogP contribution is -2.18. The number of hydrogen-bond acceptors (Lipinski definition) is 2. The molecule has 0 radical (unpaired) electrons. The fourth-order valence-corrected chi connectivity index (χ4v) is 2.47. The molecule has 110 valence electrons. The summed E-state index contributed by atoms with van der Waals surface area (Å²) in [6, 6.07) is 12.3. The van der Waals surface area contributed by atoms with Gasteiger partial charge in [-0.25, -0.2) is 8.78 Å². The number of carbonyl (C=O) groups excluding carboxylic acids is 1. The zero-order chi connectivity index (χ0) is 15.7. The highest BCUT2D eigenvalue weighted by atomic mass is 127. The van der Waals surface area contributed by atoms with Crippen molar-refractivity contribution in [3.8, 4) is 11.3 Å². The highest BCUT2D eigenvalue weighted by Gasteiger charge is 2.21. The van der Waals surface area contributed by atoms with Gasteiger partial charge in [0.15, 0.2) is 0 Å². The minimum atomic E-state index is -0.908. The number of nitrogens with zero attached hydrogens (tertiary/aromatic N) is 2. The molecule has 0 bridgehead atoms. The van der Waals surface area contributed by atoms with E-state index in [1.807, 2.05) is 24.3 Å². The Morgan fingerprint density at radius 2 is 1.64 bits per heavy atom. The topological polar surface area (TPSA) is 34.9 Å². The molecule has 0 amide bonds. The van der Waals surface area contributed by atoms with Gasteiger partial charge in [0.1, 0.15) is 17.2 Å². The number of carbonyl (C=O) groups is 1. The minimum absolute atomic E-state index is 0.476. The average Bonchev–Trinajstić information content (AvgIpc) is 2.97. The van der Waals surface area contributed by atoms with E-state index in [4.69, 9.17) is 0 Å². The van der Waals surface area contributed by atoms with Crippen LogP contribution in [-0.4, -0.2) is 15.7 Å². The standard InChI is InChI=1S/C16H9F2IN2O/c17-12-2-1-3-13(18)15(12)16(22)21-14(8-9-20-21)10-4-6-11(19)7-5-10/h1-9H. The van der Waals surface area contributed by atoms with Crippen LogP contribution >= 0.6 is 22.6 Å². The van der Waals surface area contributed by atoms with Gasteiger partial charge in [-0.2, -0.15) is 9.78 Å². The smallest absolute Gasteiger partial charge is 0.266 e. The van der Waals surface area contributed by atoms with Gasteiger partial charge in [-0.3, -0.25) is 4.79 Å². The first-order chi connectivity index (χ1) is 10.6. The molecule has 1 aromatic heterocycles. The van der Waals surface area contributed by atoms with Crippen LogP contribution in [0, 0.1) is 15.2 Å². The normalized spacial score (nSPS) is 10.7. The molecule has 0 unspecified atom stereocenters. The van der Waals surface area contributed by atoms with Gasteiger partial charge < -0.3 is 0 Å². The molecule has 0 spiro atoms. The lowest BCUT2D eigenvalue weighted by molar-refractivity contribution is 0.0939. The van der Waals surface area contributed by atoms with E-state index >= 15 is 0 Å². The van der Waals surface area contributed by atoms with E-state index in [1.165, 1.54) is 12.3 Å². The largest absolute Gasteiger partial charge is 0.284 e. The Morgan fingerprint density at radius 1 is 1.00 bits per heavy atom. The molecule has 3 nitrogen and oxygen atoms in total. The number of halogens is 3. The summed E-state index contributed by atoms with van der Waals surface area (Å²) in [6.45, 7) is 0. The van der Waals surface area contributed by atoms with Crippen molar-refractivity contribution in [1.29, 1.82) is 0 Å². The van der Waals surface area contributed by atoms with Gasteiger partial charge in [0.2, 0.25) is 0 Å². The van der Waals surface area contributed by atoms with E-state index in [0.29, 0.717) is 5.69 Å². The number of rotatable bonds is 2. The van der Waals surface area contributed by atoms with E-state index in [0.717, 1.165) is 25.9 Å². The van der Waals surface area contributed by atoms with Crippen molar-refractivity contribution in [2.75, 3.05) is 0 Å². The molecule has 1 heterocycles. The first-order valence-electron chi connectivity index (χ1n) is 6.36. The van der Waals surface area contributed by atoms with Crippen LogP contribution in [0.3, 0.4) is 0 Å². The summed E-state index contributed by atoms with van der Waals surface area (Å²) in [5.41, 5.74) is 0.602. The molecule has 0 aliphatic rings. The quantitative estimate of drug-likeness (QED) is 0.596. The van der Waals surface area contributed by atoms with Crippen molar-refractivity contribution in [2.24, 2.45) is 0 Å². The van der Waals surface area contributed by atoms with Gasteiger partial charge in [-0.1, -0.05) is 18.2 Å². The number of benzene rings is 2. The third-order valence-corrected chi connectivity index (χ3v) is 3.87. The molecule has 0 aliphatic heterocycles. The third kappa shape index (κ3) is 2.66. The molecule has 3 aromatic rings. The van der Waals surface area contributed by atoms with Crippen LogP contribution in [0.15, 0.2) is 54.7 Å². The Balaban J connectivity index is 2.09. The monoisotopic (exact) mass is 410 g/mol. The van der Waals surface area contributed by atoms with Crippen molar-refractivity contribution < 1.29 is 13.6 Å². The van der Waals surface area contributed by atoms with Crippen LogP contribution in [0.2, 0.25) is 0 Å². The average molecular weight is 410 g/mol. The van der Waals surface area contributed by atoms with Crippen molar-refractivity contribution in [3.63, 3.8) is 0 Å². The van der Waals surface area contributed by atoms with Crippen LogP contribution < -0.4 is 0 Å². The predicted molar refractivity (Wildman–Crippen MR) is 86.5 cm³/mol.